The van der Waals surface area contributed by atoms with Crippen LogP contribution in [0.25, 0.3) is 0 Å². The Morgan fingerprint density at radius 1 is 1.15 bits per heavy atom. The quantitative estimate of drug-likeness (QED) is 0.687. The third-order valence-corrected chi connectivity index (χ3v) is 4.89. The molecule has 0 fully saturated rings. The molecule has 3 rings (SSSR count). The third-order valence-electron chi connectivity index (χ3n) is 4.03. The van der Waals surface area contributed by atoms with E-state index < -0.39 is 6.10 Å². The summed E-state index contributed by atoms with van der Waals surface area (Å²) in [7, 11) is 0. The highest BCUT2D eigenvalue weighted by Gasteiger charge is 2.17. The first-order valence-corrected chi connectivity index (χ1v) is 9.87. The van der Waals surface area contributed by atoms with Crippen molar-refractivity contribution in [3.8, 4) is 11.5 Å². The van der Waals surface area contributed by atoms with Gasteiger partial charge in [0.05, 0.1) is 12.7 Å². The SMILES string of the molecule is CC(C)COC[C@@H](O)CN(Cc1ccc2c(c1)OCO2)Cc1cccs1. The molecule has 0 spiro atoms. The van der Waals surface area contributed by atoms with Gasteiger partial charge in [0.1, 0.15) is 0 Å². The topological polar surface area (TPSA) is 51.2 Å². The van der Waals surface area contributed by atoms with Crippen LogP contribution in [0.5, 0.6) is 11.5 Å². The molecule has 1 aliphatic rings. The van der Waals surface area contributed by atoms with Gasteiger partial charge < -0.3 is 19.3 Å². The van der Waals surface area contributed by atoms with Gasteiger partial charge in [-0.1, -0.05) is 26.0 Å². The Morgan fingerprint density at radius 2 is 2.00 bits per heavy atom. The van der Waals surface area contributed by atoms with Crippen molar-refractivity contribution in [2.75, 3.05) is 26.6 Å². The van der Waals surface area contributed by atoms with Crippen molar-refractivity contribution < 1.29 is 19.3 Å². The molecule has 0 saturated heterocycles. The van der Waals surface area contributed by atoms with Crippen LogP contribution in [0.3, 0.4) is 0 Å². The number of hydrogen-bond acceptors (Lipinski definition) is 6. The highest BCUT2D eigenvalue weighted by atomic mass is 32.1. The van der Waals surface area contributed by atoms with E-state index in [4.69, 9.17) is 14.2 Å². The van der Waals surface area contributed by atoms with Crippen molar-refractivity contribution >= 4 is 11.3 Å². The molecule has 1 aromatic heterocycles. The normalized spacial score (nSPS) is 14.3. The lowest BCUT2D eigenvalue weighted by molar-refractivity contribution is 0.00569. The average Bonchev–Trinajstić information content (AvgIpc) is 3.25. The summed E-state index contributed by atoms with van der Waals surface area (Å²) in [5.41, 5.74) is 1.14. The highest BCUT2D eigenvalue weighted by Crippen LogP contribution is 2.33. The second-order valence-electron chi connectivity index (χ2n) is 7.02. The van der Waals surface area contributed by atoms with Gasteiger partial charge in [-0.15, -0.1) is 11.3 Å². The second-order valence-corrected chi connectivity index (χ2v) is 8.05. The van der Waals surface area contributed by atoms with E-state index in [0.29, 0.717) is 25.7 Å². The maximum atomic E-state index is 10.4. The Balaban J connectivity index is 1.61. The molecule has 0 radical (unpaired) electrons. The van der Waals surface area contributed by atoms with E-state index in [2.05, 4.69) is 42.3 Å². The van der Waals surface area contributed by atoms with Gasteiger partial charge in [0.25, 0.3) is 0 Å². The van der Waals surface area contributed by atoms with Gasteiger partial charge in [-0.05, 0) is 35.1 Å². The number of benzene rings is 1. The van der Waals surface area contributed by atoms with E-state index in [-0.39, 0.29) is 6.79 Å². The summed E-state index contributed by atoms with van der Waals surface area (Å²) in [5, 5.41) is 12.5. The van der Waals surface area contributed by atoms with Crippen molar-refractivity contribution in [1.29, 1.82) is 0 Å². The van der Waals surface area contributed by atoms with Gasteiger partial charge in [0.2, 0.25) is 6.79 Å². The molecule has 0 bridgehead atoms. The van der Waals surface area contributed by atoms with Crippen LogP contribution < -0.4 is 9.47 Å². The molecule has 2 aromatic rings. The Bertz CT molecular complexity index is 674. The van der Waals surface area contributed by atoms with E-state index in [1.807, 2.05) is 12.1 Å². The molecule has 2 heterocycles. The average molecular weight is 378 g/mol. The standard InChI is InChI=1S/C20H27NO4S/c1-15(2)12-23-13-17(22)10-21(11-18-4-3-7-26-18)9-16-5-6-19-20(8-16)25-14-24-19/h3-8,15,17,22H,9-14H2,1-2H3/t17-/m0/s1. The number of aliphatic hydroxyl groups excluding tert-OH is 1. The molecule has 1 atom stereocenters. The Morgan fingerprint density at radius 3 is 2.77 bits per heavy atom. The van der Waals surface area contributed by atoms with E-state index in [9.17, 15) is 5.11 Å². The van der Waals surface area contributed by atoms with E-state index in [1.54, 1.807) is 11.3 Å². The van der Waals surface area contributed by atoms with Gasteiger partial charge in [-0.2, -0.15) is 0 Å². The fourth-order valence-electron chi connectivity index (χ4n) is 2.90. The lowest BCUT2D eigenvalue weighted by Gasteiger charge is -2.25. The molecule has 0 saturated carbocycles. The van der Waals surface area contributed by atoms with Gasteiger partial charge >= 0.3 is 0 Å². The molecule has 0 aliphatic carbocycles. The summed E-state index contributed by atoms with van der Waals surface area (Å²) in [5.74, 6) is 2.05. The maximum absolute atomic E-state index is 10.4. The molecular formula is C20H27NO4S. The zero-order valence-corrected chi connectivity index (χ0v) is 16.2. The van der Waals surface area contributed by atoms with Crippen molar-refractivity contribution in [2.45, 2.75) is 33.0 Å². The molecule has 1 aromatic carbocycles. The van der Waals surface area contributed by atoms with Crippen LogP contribution in [-0.2, 0) is 17.8 Å². The molecule has 0 amide bonds. The summed E-state index contributed by atoms with van der Waals surface area (Å²) < 4.78 is 16.4. The number of fused-ring (bicyclic) bond motifs is 1. The van der Waals surface area contributed by atoms with Crippen molar-refractivity contribution in [3.05, 3.63) is 46.2 Å². The molecule has 6 heteroatoms. The molecule has 26 heavy (non-hydrogen) atoms. The number of ether oxygens (including phenoxy) is 3. The summed E-state index contributed by atoms with van der Waals surface area (Å²) in [6.07, 6.45) is -0.511. The van der Waals surface area contributed by atoms with E-state index in [0.717, 1.165) is 30.2 Å². The Kier molecular flexibility index (Phi) is 6.91. The molecular weight excluding hydrogens is 350 g/mol. The number of rotatable bonds is 10. The van der Waals surface area contributed by atoms with Crippen molar-refractivity contribution in [1.82, 2.24) is 4.90 Å². The largest absolute Gasteiger partial charge is 0.454 e. The van der Waals surface area contributed by atoms with Crippen LogP contribution in [-0.4, -0.2) is 42.7 Å². The lowest BCUT2D eigenvalue weighted by Crippen LogP contribution is -2.34. The maximum Gasteiger partial charge on any atom is 0.231 e. The summed E-state index contributed by atoms with van der Waals surface area (Å²) in [6.45, 7) is 7.62. The lowest BCUT2D eigenvalue weighted by atomic mass is 10.1. The first kappa shape index (κ1) is 19.2. The van der Waals surface area contributed by atoms with Crippen molar-refractivity contribution in [3.63, 3.8) is 0 Å². The van der Waals surface area contributed by atoms with Gasteiger partial charge in [-0.3, -0.25) is 4.90 Å². The van der Waals surface area contributed by atoms with Gasteiger partial charge in [0.15, 0.2) is 11.5 Å². The van der Waals surface area contributed by atoms with Crippen LogP contribution in [0.2, 0.25) is 0 Å². The zero-order valence-electron chi connectivity index (χ0n) is 15.4. The molecule has 1 aliphatic heterocycles. The molecule has 0 unspecified atom stereocenters. The minimum Gasteiger partial charge on any atom is -0.454 e. The zero-order chi connectivity index (χ0) is 18.4. The fraction of sp³-hybridized carbons (Fsp3) is 0.500. The third kappa shape index (κ3) is 5.71. The first-order valence-electron chi connectivity index (χ1n) is 8.99. The number of hydrogen-bond donors (Lipinski definition) is 1. The molecule has 1 N–H and O–H groups in total. The second kappa shape index (κ2) is 9.37. The van der Waals surface area contributed by atoms with E-state index in [1.165, 1.54) is 4.88 Å². The van der Waals surface area contributed by atoms with Crippen molar-refractivity contribution in [2.24, 2.45) is 5.92 Å². The Hall–Kier alpha value is -1.60. The number of aliphatic hydroxyl groups is 1. The minimum absolute atomic E-state index is 0.281. The predicted molar refractivity (Wildman–Crippen MR) is 103 cm³/mol. The minimum atomic E-state index is -0.511. The Labute approximate surface area is 159 Å². The predicted octanol–water partition coefficient (Wildman–Crippen LogP) is 3.51. The summed E-state index contributed by atoms with van der Waals surface area (Å²) >= 11 is 1.73. The fourth-order valence-corrected chi connectivity index (χ4v) is 3.64. The number of nitrogens with zero attached hydrogens (tertiary/aromatic N) is 1. The molecule has 142 valence electrons. The van der Waals surface area contributed by atoms with Gasteiger partial charge in [0, 0.05) is 31.1 Å². The first-order chi connectivity index (χ1) is 12.6. The van der Waals surface area contributed by atoms with Crippen LogP contribution in [0.1, 0.15) is 24.3 Å². The molecule has 5 nitrogen and oxygen atoms in total. The van der Waals surface area contributed by atoms with Crippen LogP contribution >= 0.6 is 11.3 Å². The van der Waals surface area contributed by atoms with Crippen LogP contribution in [0, 0.1) is 5.92 Å². The van der Waals surface area contributed by atoms with E-state index >= 15 is 0 Å². The number of thiophene rings is 1. The smallest absolute Gasteiger partial charge is 0.231 e. The monoisotopic (exact) mass is 377 g/mol. The highest BCUT2D eigenvalue weighted by molar-refractivity contribution is 7.09. The summed E-state index contributed by atoms with van der Waals surface area (Å²) in [6, 6.07) is 10.2. The summed E-state index contributed by atoms with van der Waals surface area (Å²) in [4.78, 5) is 3.52. The van der Waals surface area contributed by atoms with Gasteiger partial charge in [-0.25, -0.2) is 0 Å². The van der Waals surface area contributed by atoms with Crippen LogP contribution in [0.15, 0.2) is 35.7 Å². The van der Waals surface area contributed by atoms with Crippen LogP contribution in [0.4, 0.5) is 0 Å².